The molecule has 0 aliphatic rings. The van der Waals surface area contributed by atoms with Gasteiger partial charge in [0.2, 0.25) is 5.91 Å². The van der Waals surface area contributed by atoms with Crippen LogP contribution in [0.1, 0.15) is 30.5 Å². The predicted molar refractivity (Wildman–Crippen MR) is 66.0 cm³/mol. The van der Waals surface area contributed by atoms with Crippen molar-refractivity contribution in [2.45, 2.75) is 26.0 Å². The van der Waals surface area contributed by atoms with E-state index in [2.05, 4.69) is 5.32 Å². The first kappa shape index (κ1) is 14.2. The highest BCUT2D eigenvalue weighted by Gasteiger charge is 2.16. The molecule has 5 heteroatoms. The fraction of sp³-hybridized carbons (Fsp3) is 0.385. The lowest BCUT2D eigenvalue weighted by Crippen LogP contribution is -2.28. The van der Waals surface area contributed by atoms with Crippen LogP contribution in [0.2, 0.25) is 0 Å². The van der Waals surface area contributed by atoms with Gasteiger partial charge in [0.1, 0.15) is 0 Å². The molecule has 0 radical (unpaired) electrons. The van der Waals surface area contributed by atoms with Gasteiger partial charge in [-0.05, 0) is 11.1 Å². The lowest BCUT2D eigenvalue weighted by Gasteiger charge is -2.17. The molecule has 0 saturated carbocycles. The Morgan fingerprint density at radius 1 is 1.44 bits per heavy atom. The smallest absolute Gasteiger partial charge is 0.305 e. The van der Waals surface area contributed by atoms with Gasteiger partial charge in [-0.15, -0.1) is 0 Å². The van der Waals surface area contributed by atoms with Crippen molar-refractivity contribution in [1.29, 1.82) is 0 Å². The number of methoxy groups -OCH3 is 1. The summed E-state index contributed by atoms with van der Waals surface area (Å²) in [6, 6.07) is 6.83. The summed E-state index contributed by atoms with van der Waals surface area (Å²) in [6.45, 7) is 1.82. The first-order valence-electron chi connectivity index (χ1n) is 5.59. The fourth-order valence-corrected chi connectivity index (χ4v) is 1.74. The van der Waals surface area contributed by atoms with Gasteiger partial charge in [-0.1, -0.05) is 24.3 Å². The Bertz CT molecular complexity index is 415. The Balaban J connectivity index is 2.92. The van der Waals surface area contributed by atoms with Crippen molar-refractivity contribution >= 4 is 11.9 Å². The molecule has 0 aliphatic heterocycles. The van der Waals surface area contributed by atoms with Gasteiger partial charge in [-0.3, -0.25) is 9.59 Å². The van der Waals surface area contributed by atoms with E-state index in [1.807, 2.05) is 18.2 Å². The molecule has 2 N–H and O–H groups in total. The summed E-state index contributed by atoms with van der Waals surface area (Å²) in [4.78, 5) is 21.9. The Morgan fingerprint density at radius 3 is 2.72 bits per heavy atom. The van der Waals surface area contributed by atoms with Crippen molar-refractivity contribution < 1.29 is 19.4 Å². The number of carbonyl (C=O) groups is 2. The van der Waals surface area contributed by atoms with Gasteiger partial charge in [0.25, 0.3) is 0 Å². The second-order valence-electron chi connectivity index (χ2n) is 4.03. The molecule has 0 heterocycles. The van der Waals surface area contributed by atoms with E-state index in [0.29, 0.717) is 6.61 Å². The van der Waals surface area contributed by atoms with Crippen molar-refractivity contribution in [3.05, 3.63) is 35.4 Å². The first-order valence-corrected chi connectivity index (χ1v) is 5.59. The summed E-state index contributed by atoms with van der Waals surface area (Å²) in [6.07, 6.45) is -0.143. The summed E-state index contributed by atoms with van der Waals surface area (Å²) in [7, 11) is 1.59. The Labute approximate surface area is 106 Å². The second-order valence-corrected chi connectivity index (χ2v) is 4.03. The number of carboxylic acids is 1. The van der Waals surface area contributed by atoms with Crippen LogP contribution in [-0.4, -0.2) is 24.1 Å². The van der Waals surface area contributed by atoms with Gasteiger partial charge in [0, 0.05) is 14.0 Å². The largest absolute Gasteiger partial charge is 0.481 e. The molecule has 0 unspecified atom stereocenters. The zero-order valence-electron chi connectivity index (χ0n) is 10.5. The van der Waals surface area contributed by atoms with Crippen LogP contribution in [0.15, 0.2) is 24.3 Å². The van der Waals surface area contributed by atoms with Crippen LogP contribution >= 0.6 is 0 Å². The van der Waals surface area contributed by atoms with Crippen LogP contribution in [0.5, 0.6) is 0 Å². The van der Waals surface area contributed by atoms with E-state index >= 15 is 0 Å². The minimum absolute atomic E-state index is 0.143. The Kier molecular flexibility index (Phi) is 5.32. The SMILES string of the molecule is COCc1cccc([C@@H](CC(=O)O)NC(C)=O)c1. The van der Waals surface area contributed by atoms with Gasteiger partial charge < -0.3 is 15.2 Å². The summed E-state index contributed by atoms with van der Waals surface area (Å²) in [5.41, 5.74) is 1.71. The van der Waals surface area contributed by atoms with Crippen molar-refractivity contribution in [1.82, 2.24) is 5.32 Å². The fourth-order valence-electron chi connectivity index (χ4n) is 1.74. The Hall–Kier alpha value is -1.88. The summed E-state index contributed by atoms with van der Waals surface area (Å²) in [5, 5.41) is 11.5. The number of hydrogen-bond donors (Lipinski definition) is 2. The van der Waals surface area contributed by atoms with Gasteiger partial charge in [0.15, 0.2) is 0 Å². The minimum Gasteiger partial charge on any atom is -0.481 e. The molecule has 1 rings (SSSR count). The maximum Gasteiger partial charge on any atom is 0.305 e. The van der Waals surface area contributed by atoms with Gasteiger partial charge >= 0.3 is 5.97 Å². The average molecular weight is 251 g/mol. The summed E-state index contributed by atoms with van der Waals surface area (Å²) >= 11 is 0. The number of ether oxygens (including phenoxy) is 1. The molecular weight excluding hydrogens is 234 g/mol. The number of amides is 1. The van der Waals surface area contributed by atoms with Crippen LogP contribution < -0.4 is 5.32 Å². The summed E-state index contributed by atoms with van der Waals surface area (Å²) < 4.78 is 5.02. The molecule has 0 spiro atoms. The zero-order valence-corrected chi connectivity index (χ0v) is 10.5. The highest BCUT2D eigenvalue weighted by molar-refractivity contribution is 5.75. The normalized spacial score (nSPS) is 11.9. The number of benzene rings is 1. The van der Waals surface area contributed by atoms with E-state index in [9.17, 15) is 9.59 Å². The maximum atomic E-state index is 11.1. The summed E-state index contributed by atoms with van der Waals surface area (Å²) in [5.74, 6) is -1.20. The molecule has 1 aromatic carbocycles. The number of carboxylic acid groups (broad SMARTS) is 1. The van der Waals surface area contributed by atoms with Crippen LogP contribution in [0, 0.1) is 0 Å². The number of rotatable bonds is 6. The van der Waals surface area contributed by atoms with E-state index in [1.165, 1.54) is 6.92 Å². The molecule has 1 atom stereocenters. The molecule has 98 valence electrons. The lowest BCUT2D eigenvalue weighted by atomic mass is 10.0. The number of nitrogens with one attached hydrogen (secondary N) is 1. The quantitative estimate of drug-likeness (QED) is 0.803. The van der Waals surface area contributed by atoms with Crippen molar-refractivity contribution in [3.8, 4) is 0 Å². The minimum atomic E-state index is -0.953. The topological polar surface area (TPSA) is 75.6 Å². The standard InChI is InChI=1S/C13H17NO4/c1-9(15)14-12(7-13(16)17)11-5-3-4-10(6-11)8-18-2/h3-6,12H,7-8H2,1-2H3,(H,14,15)(H,16,17)/t12-/m1/s1. The number of aliphatic carboxylic acids is 1. The third-order valence-corrected chi connectivity index (χ3v) is 2.42. The molecule has 18 heavy (non-hydrogen) atoms. The third-order valence-electron chi connectivity index (χ3n) is 2.42. The van der Waals surface area contributed by atoms with E-state index in [-0.39, 0.29) is 12.3 Å². The molecular formula is C13H17NO4. The zero-order chi connectivity index (χ0) is 13.5. The van der Waals surface area contributed by atoms with Crippen LogP contribution in [0.4, 0.5) is 0 Å². The van der Waals surface area contributed by atoms with E-state index in [1.54, 1.807) is 13.2 Å². The molecule has 0 saturated heterocycles. The number of carbonyl (C=O) groups excluding carboxylic acids is 1. The lowest BCUT2D eigenvalue weighted by molar-refractivity contribution is -0.137. The van der Waals surface area contributed by atoms with Gasteiger partial charge in [-0.2, -0.15) is 0 Å². The van der Waals surface area contributed by atoms with E-state index < -0.39 is 12.0 Å². The van der Waals surface area contributed by atoms with Crippen molar-refractivity contribution in [2.75, 3.05) is 7.11 Å². The van der Waals surface area contributed by atoms with Crippen LogP contribution in [-0.2, 0) is 20.9 Å². The predicted octanol–water partition coefficient (Wildman–Crippen LogP) is 1.48. The molecule has 1 amide bonds. The maximum absolute atomic E-state index is 11.1. The molecule has 1 aromatic rings. The first-order chi connectivity index (χ1) is 8.52. The molecule has 0 fully saturated rings. The highest BCUT2D eigenvalue weighted by Crippen LogP contribution is 2.18. The number of hydrogen-bond acceptors (Lipinski definition) is 3. The monoisotopic (exact) mass is 251 g/mol. The Morgan fingerprint density at radius 2 is 2.17 bits per heavy atom. The molecule has 5 nitrogen and oxygen atoms in total. The average Bonchev–Trinajstić information content (AvgIpc) is 2.28. The van der Waals surface area contributed by atoms with E-state index in [4.69, 9.17) is 9.84 Å². The van der Waals surface area contributed by atoms with Gasteiger partial charge in [-0.25, -0.2) is 0 Å². The molecule has 0 aromatic heterocycles. The van der Waals surface area contributed by atoms with E-state index in [0.717, 1.165) is 11.1 Å². The van der Waals surface area contributed by atoms with Crippen molar-refractivity contribution in [2.24, 2.45) is 0 Å². The second kappa shape index (κ2) is 6.76. The van der Waals surface area contributed by atoms with Crippen LogP contribution in [0.3, 0.4) is 0 Å². The third kappa shape index (κ3) is 4.55. The van der Waals surface area contributed by atoms with Gasteiger partial charge in [0.05, 0.1) is 19.1 Å². The van der Waals surface area contributed by atoms with Crippen LogP contribution in [0.25, 0.3) is 0 Å². The highest BCUT2D eigenvalue weighted by atomic mass is 16.5. The molecule has 0 aliphatic carbocycles. The van der Waals surface area contributed by atoms with Crippen molar-refractivity contribution in [3.63, 3.8) is 0 Å². The molecule has 0 bridgehead atoms.